The van der Waals surface area contributed by atoms with E-state index in [1.807, 2.05) is 72.8 Å². The van der Waals surface area contributed by atoms with Gasteiger partial charge in [-0.05, 0) is 53.4 Å². The zero-order valence-corrected chi connectivity index (χ0v) is 19.6. The number of nitrogens with one attached hydrogen (secondary N) is 1. The Morgan fingerprint density at radius 1 is 0.938 bits per heavy atom. The van der Waals surface area contributed by atoms with E-state index in [0.29, 0.717) is 17.4 Å². The average molecular weight is 462 g/mol. The molecular weight excluding hydrogens is 438 g/mol. The van der Waals surface area contributed by atoms with Crippen LogP contribution in [0.5, 0.6) is 0 Å². The monoisotopic (exact) mass is 461 g/mol. The minimum Gasteiger partial charge on any atom is -0.325 e. The van der Waals surface area contributed by atoms with Crippen LogP contribution in [0.25, 0.3) is 11.0 Å². The van der Waals surface area contributed by atoms with Crippen molar-refractivity contribution in [2.24, 2.45) is 0 Å². The summed E-state index contributed by atoms with van der Waals surface area (Å²) in [5.74, 6) is 0.646. The van der Waals surface area contributed by atoms with E-state index in [-0.39, 0.29) is 11.7 Å². The van der Waals surface area contributed by atoms with Crippen molar-refractivity contribution in [3.8, 4) is 0 Å². The molecule has 0 fully saturated rings. The molecule has 6 heteroatoms. The van der Waals surface area contributed by atoms with Crippen molar-refractivity contribution in [1.29, 1.82) is 0 Å². The summed E-state index contributed by atoms with van der Waals surface area (Å²) in [6, 6.07) is 23.5. The molecule has 4 aromatic rings. The molecule has 3 aromatic carbocycles. The summed E-state index contributed by atoms with van der Waals surface area (Å²) in [5.41, 5.74) is 5.65. The lowest BCUT2D eigenvalue weighted by Gasteiger charge is -2.11. The topological polar surface area (TPSA) is 54.9 Å². The fraction of sp³-hybridized carbons (Fsp3) is 0.192. The van der Waals surface area contributed by atoms with E-state index in [1.54, 1.807) is 0 Å². The van der Waals surface area contributed by atoms with Crippen molar-refractivity contribution in [2.75, 3.05) is 11.1 Å². The molecule has 4 rings (SSSR count). The van der Waals surface area contributed by atoms with E-state index >= 15 is 0 Å². The van der Waals surface area contributed by atoms with Crippen molar-refractivity contribution >= 4 is 46.0 Å². The van der Waals surface area contributed by atoms with Crippen LogP contribution >= 0.6 is 23.4 Å². The number of benzene rings is 3. The lowest BCUT2D eigenvalue weighted by atomic mass is 10.0. The summed E-state index contributed by atoms with van der Waals surface area (Å²) in [7, 11) is 0. The Morgan fingerprint density at radius 2 is 1.59 bits per heavy atom. The molecule has 0 bridgehead atoms. The number of hydrogen-bond donors (Lipinski definition) is 1. The van der Waals surface area contributed by atoms with Gasteiger partial charge in [0.15, 0.2) is 0 Å². The smallest absolute Gasteiger partial charge is 0.234 e. The third kappa shape index (κ3) is 5.67. The summed E-state index contributed by atoms with van der Waals surface area (Å²) in [6.45, 7) is 4.30. The van der Waals surface area contributed by atoms with Gasteiger partial charge in [-0.3, -0.25) is 4.79 Å². The van der Waals surface area contributed by atoms with Gasteiger partial charge in [-0.1, -0.05) is 73.6 Å². The molecule has 0 spiro atoms. The van der Waals surface area contributed by atoms with Crippen LogP contribution in [0.3, 0.4) is 0 Å². The molecule has 0 aliphatic rings. The summed E-state index contributed by atoms with van der Waals surface area (Å²) < 4.78 is 0. The maximum absolute atomic E-state index is 12.6. The van der Waals surface area contributed by atoms with E-state index < -0.39 is 0 Å². The average Bonchev–Trinajstić information content (AvgIpc) is 2.79. The lowest BCUT2D eigenvalue weighted by molar-refractivity contribution is -0.113. The highest BCUT2D eigenvalue weighted by Gasteiger charge is 2.13. The molecule has 162 valence electrons. The van der Waals surface area contributed by atoms with Gasteiger partial charge >= 0.3 is 0 Å². The molecule has 0 aliphatic heterocycles. The molecule has 4 nitrogen and oxygen atoms in total. The molecule has 1 N–H and O–H groups in total. The third-order valence-electron chi connectivity index (χ3n) is 5.09. The SMILES string of the molecule is CC(C)c1ccc(NC(=O)CSc2nc3ccccc3nc2Cc2ccc(Cl)cc2)cc1. The molecule has 0 aliphatic carbocycles. The quantitative estimate of drug-likeness (QED) is 0.310. The number of halogens is 1. The van der Waals surface area contributed by atoms with Crippen LogP contribution in [0.1, 0.15) is 36.6 Å². The number of nitrogens with zero attached hydrogens (tertiary/aromatic N) is 2. The van der Waals surface area contributed by atoms with Crippen LogP contribution in [0.4, 0.5) is 5.69 Å². The molecule has 1 aromatic heterocycles. The number of hydrogen-bond acceptors (Lipinski definition) is 4. The maximum Gasteiger partial charge on any atom is 0.234 e. The minimum absolute atomic E-state index is 0.0697. The summed E-state index contributed by atoms with van der Waals surface area (Å²) >= 11 is 7.43. The second-order valence-electron chi connectivity index (χ2n) is 7.88. The van der Waals surface area contributed by atoms with E-state index in [9.17, 15) is 4.79 Å². The van der Waals surface area contributed by atoms with E-state index in [0.717, 1.165) is 33.0 Å². The Labute approximate surface area is 197 Å². The first-order valence-electron chi connectivity index (χ1n) is 10.5. The molecule has 32 heavy (non-hydrogen) atoms. The first-order valence-corrected chi connectivity index (χ1v) is 11.9. The zero-order valence-electron chi connectivity index (χ0n) is 18.0. The van der Waals surface area contributed by atoms with Crippen LogP contribution in [0.15, 0.2) is 77.8 Å². The number of para-hydroxylation sites is 2. The fourth-order valence-electron chi connectivity index (χ4n) is 3.33. The summed E-state index contributed by atoms with van der Waals surface area (Å²) in [4.78, 5) is 22.2. The number of fused-ring (bicyclic) bond motifs is 1. The van der Waals surface area contributed by atoms with E-state index in [1.165, 1.54) is 17.3 Å². The molecule has 0 atom stereocenters. The molecule has 0 saturated carbocycles. The Morgan fingerprint density at radius 3 is 2.25 bits per heavy atom. The maximum atomic E-state index is 12.6. The largest absolute Gasteiger partial charge is 0.325 e. The van der Waals surface area contributed by atoms with Crippen LogP contribution in [0.2, 0.25) is 5.02 Å². The molecule has 1 amide bonds. The highest BCUT2D eigenvalue weighted by Crippen LogP contribution is 2.25. The molecular formula is C26H24ClN3OS. The van der Waals surface area contributed by atoms with Gasteiger partial charge in [0.2, 0.25) is 5.91 Å². The van der Waals surface area contributed by atoms with Crippen LogP contribution in [-0.4, -0.2) is 21.6 Å². The number of carbonyl (C=O) groups excluding carboxylic acids is 1. The molecule has 1 heterocycles. The predicted molar refractivity (Wildman–Crippen MR) is 134 cm³/mol. The van der Waals surface area contributed by atoms with Gasteiger partial charge in [0.05, 0.1) is 22.5 Å². The Bertz CT molecular complexity index is 1220. The van der Waals surface area contributed by atoms with Crippen molar-refractivity contribution in [3.05, 3.63) is 94.6 Å². The highest BCUT2D eigenvalue weighted by molar-refractivity contribution is 8.00. The predicted octanol–water partition coefficient (Wildman–Crippen LogP) is 6.73. The first kappa shape index (κ1) is 22.3. The number of thioether (sulfide) groups is 1. The summed E-state index contributed by atoms with van der Waals surface area (Å²) in [5, 5.41) is 4.44. The van der Waals surface area contributed by atoms with E-state index in [2.05, 4.69) is 19.2 Å². The van der Waals surface area contributed by atoms with Gasteiger partial charge in [0.1, 0.15) is 5.03 Å². The standard InChI is InChI=1S/C26H24ClN3OS/c1-17(2)19-9-13-21(14-10-19)28-25(31)16-32-26-24(15-18-7-11-20(27)12-8-18)29-22-5-3-4-6-23(22)30-26/h3-14,17H,15-16H2,1-2H3,(H,28,31). The Hall–Kier alpha value is -2.89. The summed E-state index contributed by atoms with van der Waals surface area (Å²) in [6.07, 6.45) is 0.621. The first-order chi connectivity index (χ1) is 15.5. The van der Waals surface area contributed by atoms with Crippen LogP contribution in [-0.2, 0) is 11.2 Å². The number of amides is 1. The third-order valence-corrected chi connectivity index (χ3v) is 6.35. The normalized spacial score (nSPS) is 11.1. The van der Waals surface area contributed by atoms with Crippen LogP contribution in [0, 0.1) is 0 Å². The Kier molecular flexibility index (Phi) is 7.08. The van der Waals surface area contributed by atoms with Crippen molar-refractivity contribution in [2.45, 2.75) is 31.2 Å². The number of aromatic nitrogens is 2. The Balaban J connectivity index is 1.50. The van der Waals surface area contributed by atoms with Gasteiger partial charge in [-0.25, -0.2) is 9.97 Å². The second-order valence-corrected chi connectivity index (χ2v) is 9.28. The number of carbonyl (C=O) groups is 1. The van der Waals surface area contributed by atoms with Crippen molar-refractivity contribution in [3.63, 3.8) is 0 Å². The fourth-order valence-corrected chi connectivity index (χ4v) is 4.24. The molecule has 0 radical (unpaired) electrons. The highest BCUT2D eigenvalue weighted by atomic mass is 35.5. The second kappa shape index (κ2) is 10.2. The van der Waals surface area contributed by atoms with Gasteiger partial charge in [0.25, 0.3) is 0 Å². The number of rotatable bonds is 7. The van der Waals surface area contributed by atoms with Gasteiger partial charge in [-0.15, -0.1) is 0 Å². The van der Waals surface area contributed by atoms with Crippen molar-refractivity contribution in [1.82, 2.24) is 9.97 Å². The number of anilines is 1. The van der Waals surface area contributed by atoms with Gasteiger partial charge in [-0.2, -0.15) is 0 Å². The zero-order chi connectivity index (χ0) is 22.5. The van der Waals surface area contributed by atoms with Gasteiger partial charge < -0.3 is 5.32 Å². The molecule has 0 unspecified atom stereocenters. The lowest BCUT2D eigenvalue weighted by Crippen LogP contribution is -2.14. The van der Waals surface area contributed by atoms with E-state index in [4.69, 9.17) is 21.6 Å². The van der Waals surface area contributed by atoms with Gasteiger partial charge in [0, 0.05) is 17.1 Å². The van der Waals surface area contributed by atoms with Crippen LogP contribution < -0.4 is 5.32 Å². The van der Waals surface area contributed by atoms with Crippen molar-refractivity contribution < 1.29 is 4.79 Å². The minimum atomic E-state index is -0.0697. The molecule has 0 saturated heterocycles.